The van der Waals surface area contributed by atoms with Gasteiger partial charge in [-0.05, 0) is 6.42 Å². The molecule has 0 saturated carbocycles. The van der Waals surface area contributed by atoms with Crippen LogP contribution in [0.25, 0.3) is 0 Å². The van der Waals surface area contributed by atoms with Crippen LogP contribution in [0, 0.1) is 0 Å². The van der Waals surface area contributed by atoms with Gasteiger partial charge in [-0.15, -0.1) is 0 Å². The van der Waals surface area contributed by atoms with Crippen molar-refractivity contribution < 1.29 is 22.8 Å². The molecule has 0 aromatic rings. The molecule has 0 fully saturated rings. The van der Waals surface area contributed by atoms with Gasteiger partial charge in [0.1, 0.15) is 0 Å². The van der Waals surface area contributed by atoms with Crippen molar-refractivity contribution in [3.8, 4) is 0 Å². The van der Waals surface area contributed by atoms with Crippen LogP contribution in [0.5, 0.6) is 0 Å². The predicted octanol–water partition coefficient (Wildman–Crippen LogP) is 4.26. The zero-order valence-electron chi connectivity index (χ0n) is 14.2. The molecule has 2 N–H and O–H groups in total. The molecule has 1 atom stereocenters. The Morgan fingerprint density at radius 1 is 0.818 bits per heavy atom. The Balaban J connectivity index is 3.47. The molecule has 0 rings (SSSR count). The highest BCUT2D eigenvalue weighted by molar-refractivity contribution is 7.86. The van der Waals surface area contributed by atoms with E-state index in [0.29, 0.717) is 6.42 Å². The van der Waals surface area contributed by atoms with Gasteiger partial charge >= 0.3 is 10.1 Å². The molecule has 0 amide bonds. The van der Waals surface area contributed by atoms with Gasteiger partial charge in [-0.1, -0.05) is 78.1 Å². The maximum atomic E-state index is 11.0. The minimum Gasteiger partial charge on any atom is -0.352 e. The van der Waals surface area contributed by atoms with Gasteiger partial charge in [0.15, 0.2) is 0 Å². The molecular formula is C16H34O5S. The zero-order valence-corrected chi connectivity index (χ0v) is 15.0. The largest absolute Gasteiger partial charge is 0.352 e. The molecule has 0 aliphatic heterocycles. The summed E-state index contributed by atoms with van der Waals surface area (Å²) in [4.78, 5) is 0. The molecule has 0 aliphatic carbocycles. The van der Waals surface area contributed by atoms with Crippen molar-refractivity contribution >= 4 is 10.1 Å². The van der Waals surface area contributed by atoms with Gasteiger partial charge in [0.2, 0.25) is 0 Å². The van der Waals surface area contributed by atoms with E-state index in [4.69, 9.17) is 9.29 Å². The number of rotatable bonds is 15. The summed E-state index contributed by atoms with van der Waals surface area (Å²) in [5, 5.41) is 7.20. The van der Waals surface area contributed by atoms with Crippen LogP contribution in [0.1, 0.15) is 90.9 Å². The van der Waals surface area contributed by atoms with Crippen LogP contribution >= 0.6 is 0 Å². The second-order valence-corrected chi connectivity index (χ2v) is 7.51. The first-order chi connectivity index (χ1) is 10.4. The summed E-state index contributed by atoms with van der Waals surface area (Å²) in [6, 6.07) is 0. The van der Waals surface area contributed by atoms with Crippen LogP contribution in [-0.4, -0.2) is 29.8 Å². The summed E-state index contributed by atoms with van der Waals surface area (Å²) in [6.45, 7) is 3.82. The summed E-state index contributed by atoms with van der Waals surface area (Å²) in [5.74, 6) is 0. The Morgan fingerprint density at radius 2 is 1.23 bits per heavy atom. The highest BCUT2D eigenvalue weighted by Gasteiger charge is 2.40. The molecular weight excluding hydrogens is 304 g/mol. The SMILES string of the molecule is CCCCCCCCCCCCCOC(O)(CC)S(=O)(=O)O. The third-order valence-corrected chi connectivity index (χ3v) is 5.14. The fraction of sp³-hybridized carbons (Fsp3) is 1.00. The monoisotopic (exact) mass is 338 g/mol. The van der Waals surface area contributed by atoms with Crippen LogP contribution in [0.4, 0.5) is 0 Å². The summed E-state index contributed by atoms with van der Waals surface area (Å²) in [7, 11) is -4.60. The molecule has 0 radical (unpaired) electrons. The number of aliphatic hydroxyl groups is 1. The molecule has 0 saturated heterocycles. The minimum absolute atomic E-state index is 0.140. The van der Waals surface area contributed by atoms with Gasteiger partial charge in [0, 0.05) is 6.42 Å². The summed E-state index contributed by atoms with van der Waals surface area (Å²) >= 11 is 0. The number of hydrogen-bond donors (Lipinski definition) is 2. The van der Waals surface area contributed by atoms with Gasteiger partial charge in [-0.25, -0.2) is 0 Å². The van der Waals surface area contributed by atoms with E-state index in [-0.39, 0.29) is 13.0 Å². The van der Waals surface area contributed by atoms with Crippen molar-refractivity contribution in [2.75, 3.05) is 6.61 Å². The Labute approximate surface area is 136 Å². The Hall–Kier alpha value is -0.170. The first-order valence-corrected chi connectivity index (χ1v) is 10.1. The molecule has 22 heavy (non-hydrogen) atoms. The lowest BCUT2D eigenvalue weighted by molar-refractivity contribution is -0.144. The van der Waals surface area contributed by atoms with Gasteiger partial charge < -0.3 is 9.84 Å². The normalized spacial score (nSPS) is 14.9. The molecule has 134 valence electrons. The van der Waals surface area contributed by atoms with Gasteiger partial charge in [-0.3, -0.25) is 4.55 Å². The van der Waals surface area contributed by atoms with Crippen LogP contribution in [0.3, 0.4) is 0 Å². The number of ether oxygens (including phenoxy) is 1. The second kappa shape index (κ2) is 12.3. The van der Waals surface area contributed by atoms with Crippen LogP contribution in [-0.2, 0) is 14.9 Å². The number of unbranched alkanes of at least 4 members (excludes halogenated alkanes) is 10. The van der Waals surface area contributed by atoms with Crippen molar-refractivity contribution in [1.82, 2.24) is 0 Å². The summed E-state index contributed by atoms with van der Waals surface area (Å²) in [6.07, 6.45) is 12.9. The maximum absolute atomic E-state index is 11.0. The molecule has 6 heteroatoms. The lowest BCUT2D eigenvalue weighted by atomic mass is 10.1. The average molecular weight is 339 g/mol. The molecule has 5 nitrogen and oxygen atoms in total. The molecule has 0 aromatic carbocycles. The van der Waals surface area contributed by atoms with Gasteiger partial charge in [-0.2, -0.15) is 8.42 Å². The van der Waals surface area contributed by atoms with E-state index >= 15 is 0 Å². The molecule has 0 aromatic heterocycles. The van der Waals surface area contributed by atoms with Crippen molar-refractivity contribution in [1.29, 1.82) is 0 Å². The zero-order chi connectivity index (χ0) is 16.9. The maximum Gasteiger partial charge on any atom is 0.321 e. The van der Waals surface area contributed by atoms with Crippen molar-refractivity contribution in [3.63, 3.8) is 0 Å². The summed E-state index contributed by atoms with van der Waals surface area (Å²) in [5.41, 5.74) is 0. The smallest absolute Gasteiger partial charge is 0.321 e. The first kappa shape index (κ1) is 21.8. The highest BCUT2D eigenvalue weighted by atomic mass is 32.2. The lowest BCUT2D eigenvalue weighted by Gasteiger charge is -2.23. The van der Waals surface area contributed by atoms with Gasteiger partial charge in [0.25, 0.3) is 5.12 Å². The van der Waals surface area contributed by atoms with Crippen LogP contribution in [0.15, 0.2) is 0 Å². The standard InChI is InChI=1S/C16H34O5S/c1-3-5-6-7-8-9-10-11-12-13-14-15-21-16(17,4-2)22(18,19)20/h17H,3-15H2,1-2H3,(H,18,19,20). The third kappa shape index (κ3) is 9.77. The van der Waals surface area contributed by atoms with Gasteiger partial charge in [0.05, 0.1) is 6.61 Å². The third-order valence-electron chi connectivity index (χ3n) is 3.93. The quantitative estimate of drug-likeness (QED) is 0.265. The van der Waals surface area contributed by atoms with E-state index in [1.807, 2.05) is 0 Å². The fourth-order valence-corrected chi connectivity index (χ4v) is 2.95. The first-order valence-electron chi connectivity index (χ1n) is 8.70. The van der Waals surface area contributed by atoms with Crippen molar-refractivity contribution in [2.45, 2.75) is 96.0 Å². The number of hydrogen-bond acceptors (Lipinski definition) is 4. The van der Waals surface area contributed by atoms with Crippen LogP contribution < -0.4 is 0 Å². The second-order valence-electron chi connectivity index (χ2n) is 5.93. The highest BCUT2D eigenvalue weighted by Crippen LogP contribution is 2.19. The van der Waals surface area contributed by atoms with Crippen molar-refractivity contribution in [3.05, 3.63) is 0 Å². The Morgan fingerprint density at radius 3 is 1.59 bits per heavy atom. The van der Waals surface area contributed by atoms with Crippen LogP contribution in [0.2, 0.25) is 0 Å². The molecule has 0 heterocycles. The summed E-state index contributed by atoms with van der Waals surface area (Å²) < 4.78 is 35.8. The molecule has 0 aliphatic rings. The topological polar surface area (TPSA) is 83.8 Å². The minimum atomic E-state index is -4.60. The fourth-order valence-electron chi connectivity index (χ4n) is 2.36. The van der Waals surface area contributed by atoms with E-state index in [1.165, 1.54) is 58.3 Å². The molecule has 0 spiro atoms. The average Bonchev–Trinajstić information content (AvgIpc) is 2.47. The predicted molar refractivity (Wildman–Crippen MR) is 89.2 cm³/mol. The van der Waals surface area contributed by atoms with E-state index in [0.717, 1.165) is 12.8 Å². The van der Waals surface area contributed by atoms with E-state index in [1.54, 1.807) is 0 Å². The van der Waals surface area contributed by atoms with E-state index in [2.05, 4.69) is 6.92 Å². The lowest BCUT2D eigenvalue weighted by Crippen LogP contribution is -2.40. The van der Waals surface area contributed by atoms with E-state index in [9.17, 15) is 13.5 Å². The van der Waals surface area contributed by atoms with Crippen molar-refractivity contribution in [2.24, 2.45) is 0 Å². The Kier molecular flexibility index (Phi) is 12.2. The molecule has 0 bridgehead atoms. The van der Waals surface area contributed by atoms with E-state index < -0.39 is 15.2 Å². The Bertz CT molecular complexity index is 356. The molecule has 1 unspecified atom stereocenters.